The number of hydrogen-bond acceptors (Lipinski definition) is 4. The molecule has 0 spiro atoms. The van der Waals surface area contributed by atoms with Crippen LogP contribution in [0.2, 0.25) is 0 Å². The van der Waals surface area contributed by atoms with Crippen molar-refractivity contribution in [3.05, 3.63) is 29.8 Å². The SMILES string of the molecule is CN=C(NCCOc1ccccc1C)NCCN1CCOCC1. The van der Waals surface area contributed by atoms with Gasteiger partial charge in [-0.25, -0.2) is 0 Å². The molecule has 23 heavy (non-hydrogen) atoms. The van der Waals surface area contributed by atoms with Gasteiger partial charge in [0.2, 0.25) is 0 Å². The molecule has 6 heteroatoms. The Bertz CT molecular complexity index is 487. The number of nitrogens with one attached hydrogen (secondary N) is 2. The second-order valence-electron chi connectivity index (χ2n) is 5.49. The summed E-state index contributed by atoms with van der Waals surface area (Å²) in [4.78, 5) is 6.62. The Morgan fingerprint density at radius 2 is 1.96 bits per heavy atom. The van der Waals surface area contributed by atoms with Gasteiger partial charge in [-0.15, -0.1) is 0 Å². The van der Waals surface area contributed by atoms with Crippen LogP contribution >= 0.6 is 0 Å². The highest BCUT2D eigenvalue weighted by atomic mass is 16.5. The number of aliphatic imine (C=N–C) groups is 1. The standard InChI is InChI=1S/C17H28N4O2/c1-15-5-3-4-6-16(15)23-12-8-20-17(18-2)19-7-9-21-10-13-22-14-11-21/h3-6H,7-14H2,1-2H3,(H2,18,19,20). The second-order valence-corrected chi connectivity index (χ2v) is 5.49. The molecule has 6 nitrogen and oxygen atoms in total. The summed E-state index contributed by atoms with van der Waals surface area (Å²) in [6.07, 6.45) is 0. The monoisotopic (exact) mass is 320 g/mol. The molecule has 0 aliphatic carbocycles. The number of nitrogens with zero attached hydrogens (tertiary/aromatic N) is 2. The van der Waals surface area contributed by atoms with Gasteiger partial charge in [-0.1, -0.05) is 18.2 Å². The Morgan fingerprint density at radius 1 is 1.22 bits per heavy atom. The Balaban J connectivity index is 1.58. The number of para-hydroxylation sites is 1. The van der Waals surface area contributed by atoms with Crippen molar-refractivity contribution in [2.45, 2.75) is 6.92 Å². The van der Waals surface area contributed by atoms with E-state index in [2.05, 4.69) is 33.5 Å². The molecule has 1 aliphatic rings. The molecule has 1 heterocycles. The molecule has 2 N–H and O–H groups in total. The van der Waals surface area contributed by atoms with Crippen LogP contribution in [0.3, 0.4) is 0 Å². The first-order valence-corrected chi connectivity index (χ1v) is 8.22. The molecule has 1 aromatic carbocycles. The molecular weight excluding hydrogens is 292 g/mol. The van der Waals surface area contributed by atoms with Crippen molar-refractivity contribution < 1.29 is 9.47 Å². The minimum absolute atomic E-state index is 0.606. The van der Waals surface area contributed by atoms with Crippen LogP contribution in [0.25, 0.3) is 0 Å². The fraction of sp³-hybridized carbons (Fsp3) is 0.588. The molecule has 0 saturated carbocycles. The van der Waals surface area contributed by atoms with Gasteiger partial charge in [0.1, 0.15) is 12.4 Å². The molecule has 1 fully saturated rings. The summed E-state index contributed by atoms with van der Waals surface area (Å²) < 4.78 is 11.1. The van der Waals surface area contributed by atoms with E-state index in [4.69, 9.17) is 9.47 Å². The third-order valence-corrected chi connectivity index (χ3v) is 3.79. The average molecular weight is 320 g/mol. The maximum absolute atomic E-state index is 5.76. The van der Waals surface area contributed by atoms with Gasteiger partial charge in [-0.3, -0.25) is 9.89 Å². The lowest BCUT2D eigenvalue weighted by atomic mass is 10.2. The van der Waals surface area contributed by atoms with Crippen LogP contribution in [0.4, 0.5) is 0 Å². The van der Waals surface area contributed by atoms with E-state index < -0.39 is 0 Å². The number of guanidine groups is 1. The molecule has 0 unspecified atom stereocenters. The molecule has 1 aromatic rings. The fourth-order valence-corrected chi connectivity index (χ4v) is 2.43. The van der Waals surface area contributed by atoms with E-state index in [0.29, 0.717) is 13.2 Å². The predicted octanol–water partition coefficient (Wildman–Crippen LogP) is 0.871. The van der Waals surface area contributed by atoms with Crippen molar-refractivity contribution in [3.8, 4) is 5.75 Å². The zero-order chi connectivity index (χ0) is 16.3. The van der Waals surface area contributed by atoms with Gasteiger partial charge >= 0.3 is 0 Å². The minimum atomic E-state index is 0.606. The Kier molecular flexibility index (Phi) is 7.69. The highest BCUT2D eigenvalue weighted by Gasteiger charge is 2.09. The lowest BCUT2D eigenvalue weighted by Gasteiger charge is -2.26. The van der Waals surface area contributed by atoms with Gasteiger partial charge in [0.05, 0.1) is 19.8 Å². The summed E-state index contributed by atoms with van der Waals surface area (Å²) in [6.45, 7) is 8.94. The molecule has 1 aliphatic heterocycles. The van der Waals surface area contributed by atoms with Crippen molar-refractivity contribution in [2.24, 2.45) is 4.99 Å². The van der Waals surface area contributed by atoms with Crippen molar-refractivity contribution in [2.75, 3.05) is 59.6 Å². The number of aryl methyl sites for hydroxylation is 1. The van der Waals surface area contributed by atoms with Crippen molar-refractivity contribution in [1.29, 1.82) is 0 Å². The Labute approximate surface area is 138 Å². The maximum Gasteiger partial charge on any atom is 0.191 e. The number of morpholine rings is 1. The zero-order valence-electron chi connectivity index (χ0n) is 14.2. The Hall–Kier alpha value is -1.79. The fourth-order valence-electron chi connectivity index (χ4n) is 2.43. The smallest absolute Gasteiger partial charge is 0.191 e. The summed E-state index contributed by atoms with van der Waals surface area (Å²) in [5.41, 5.74) is 1.15. The average Bonchev–Trinajstić information content (AvgIpc) is 2.59. The molecule has 0 bridgehead atoms. The van der Waals surface area contributed by atoms with Gasteiger partial charge in [0.15, 0.2) is 5.96 Å². The van der Waals surface area contributed by atoms with Crippen LogP contribution in [0, 0.1) is 6.92 Å². The van der Waals surface area contributed by atoms with Gasteiger partial charge in [-0.05, 0) is 18.6 Å². The third kappa shape index (κ3) is 6.46. The third-order valence-electron chi connectivity index (χ3n) is 3.79. The topological polar surface area (TPSA) is 58.1 Å². The number of ether oxygens (including phenoxy) is 2. The van der Waals surface area contributed by atoms with Crippen molar-refractivity contribution in [3.63, 3.8) is 0 Å². The van der Waals surface area contributed by atoms with Gasteiger partial charge in [-0.2, -0.15) is 0 Å². The molecular formula is C17H28N4O2. The van der Waals surface area contributed by atoms with Crippen LogP contribution in [-0.2, 0) is 4.74 Å². The highest BCUT2D eigenvalue weighted by molar-refractivity contribution is 5.79. The van der Waals surface area contributed by atoms with Crippen LogP contribution in [-0.4, -0.2) is 70.5 Å². The van der Waals surface area contributed by atoms with Crippen LogP contribution in [0.1, 0.15) is 5.56 Å². The lowest BCUT2D eigenvalue weighted by molar-refractivity contribution is 0.0389. The van der Waals surface area contributed by atoms with Gasteiger partial charge in [0, 0.05) is 33.2 Å². The van der Waals surface area contributed by atoms with E-state index in [9.17, 15) is 0 Å². The van der Waals surface area contributed by atoms with E-state index in [1.165, 1.54) is 0 Å². The lowest BCUT2D eigenvalue weighted by Crippen LogP contribution is -2.45. The summed E-state index contributed by atoms with van der Waals surface area (Å²) in [5, 5.41) is 6.60. The second kappa shape index (κ2) is 10.1. The first-order chi connectivity index (χ1) is 11.3. The normalized spacial score (nSPS) is 16.2. The molecule has 1 saturated heterocycles. The molecule has 128 valence electrons. The quantitative estimate of drug-likeness (QED) is 0.444. The predicted molar refractivity (Wildman–Crippen MR) is 93.3 cm³/mol. The maximum atomic E-state index is 5.76. The van der Waals surface area contributed by atoms with Crippen LogP contribution in [0.15, 0.2) is 29.3 Å². The van der Waals surface area contributed by atoms with Gasteiger partial charge in [0.25, 0.3) is 0 Å². The molecule has 0 radical (unpaired) electrons. The first kappa shape index (κ1) is 17.6. The number of hydrogen-bond donors (Lipinski definition) is 2. The van der Waals surface area contributed by atoms with Crippen LogP contribution in [0.5, 0.6) is 5.75 Å². The van der Waals surface area contributed by atoms with E-state index in [1.807, 2.05) is 18.2 Å². The first-order valence-electron chi connectivity index (χ1n) is 8.22. The number of benzene rings is 1. The molecule has 0 atom stereocenters. The van der Waals surface area contributed by atoms with E-state index in [-0.39, 0.29) is 0 Å². The van der Waals surface area contributed by atoms with Gasteiger partial charge < -0.3 is 20.1 Å². The number of rotatable bonds is 7. The summed E-state index contributed by atoms with van der Waals surface area (Å²) in [5.74, 6) is 1.75. The summed E-state index contributed by atoms with van der Waals surface area (Å²) in [7, 11) is 1.78. The van der Waals surface area contributed by atoms with Crippen molar-refractivity contribution >= 4 is 5.96 Å². The summed E-state index contributed by atoms with van der Waals surface area (Å²) in [6, 6.07) is 8.04. The van der Waals surface area contributed by atoms with E-state index in [1.54, 1.807) is 7.05 Å². The molecule has 0 amide bonds. The molecule has 0 aromatic heterocycles. The van der Waals surface area contributed by atoms with E-state index >= 15 is 0 Å². The van der Waals surface area contributed by atoms with Crippen LogP contribution < -0.4 is 15.4 Å². The zero-order valence-corrected chi connectivity index (χ0v) is 14.2. The highest BCUT2D eigenvalue weighted by Crippen LogP contribution is 2.15. The van der Waals surface area contributed by atoms with Crippen molar-refractivity contribution in [1.82, 2.24) is 15.5 Å². The Morgan fingerprint density at radius 3 is 2.70 bits per heavy atom. The largest absolute Gasteiger partial charge is 0.491 e. The van der Waals surface area contributed by atoms with E-state index in [0.717, 1.165) is 56.7 Å². The summed E-state index contributed by atoms with van der Waals surface area (Å²) >= 11 is 0. The molecule has 2 rings (SSSR count). The minimum Gasteiger partial charge on any atom is -0.491 e.